The summed E-state index contributed by atoms with van der Waals surface area (Å²) in [6, 6.07) is 24.4. The van der Waals surface area contributed by atoms with Crippen LogP contribution in [0.2, 0.25) is 0 Å². The molecule has 7 nitrogen and oxygen atoms in total. The number of anilines is 1. The molecule has 2 aromatic carbocycles. The number of nitrogens with zero attached hydrogens (tertiary/aromatic N) is 3. The largest absolute Gasteiger partial charge is 0.508 e. The molecule has 1 amide bonds. The van der Waals surface area contributed by atoms with Crippen LogP contribution in [0.25, 0.3) is 5.69 Å². The Hall–Kier alpha value is -4.17. The van der Waals surface area contributed by atoms with E-state index < -0.39 is 0 Å². The minimum Gasteiger partial charge on any atom is -0.508 e. The van der Waals surface area contributed by atoms with Crippen molar-refractivity contribution in [2.45, 2.75) is 32.4 Å². The molecule has 0 aliphatic carbocycles. The molecule has 37 heavy (non-hydrogen) atoms. The summed E-state index contributed by atoms with van der Waals surface area (Å²) >= 11 is 5.79. The van der Waals surface area contributed by atoms with Gasteiger partial charge in [-0.3, -0.25) is 9.78 Å². The second-order valence-electron chi connectivity index (χ2n) is 9.16. The molecule has 4 aromatic rings. The topological polar surface area (TPSA) is 82.4 Å². The van der Waals surface area contributed by atoms with Gasteiger partial charge in [-0.15, -0.1) is 0 Å². The zero-order chi connectivity index (χ0) is 25.9. The van der Waals surface area contributed by atoms with Crippen LogP contribution >= 0.6 is 12.2 Å². The Balaban J connectivity index is 1.47. The fourth-order valence-electron chi connectivity index (χ4n) is 5.04. The van der Waals surface area contributed by atoms with E-state index in [1.54, 1.807) is 18.3 Å². The fourth-order valence-corrected chi connectivity index (χ4v) is 5.37. The number of rotatable bonds is 7. The Morgan fingerprint density at radius 3 is 2.49 bits per heavy atom. The molecule has 1 saturated heterocycles. The molecule has 3 heterocycles. The van der Waals surface area contributed by atoms with Gasteiger partial charge >= 0.3 is 0 Å². The van der Waals surface area contributed by atoms with Gasteiger partial charge in [0.25, 0.3) is 0 Å². The molecule has 8 heteroatoms. The Kier molecular flexibility index (Phi) is 6.92. The van der Waals surface area contributed by atoms with Gasteiger partial charge in [0.1, 0.15) is 5.75 Å². The van der Waals surface area contributed by atoms with Gasteiger partial charge in [-0.1, -0.05) is 24.3 Å². The summed E-state index contributed by atoms with van der Waals surface area (Å²) in [5, 5.41) is 16.8. The first kappa shape index (κ1) is 24.5. The third kappa shape index (κ3) is 5.06. The SMILES string of the molecule is Cc1cc([C@@H]2[C@H](c3ccccn3)NC(=S)N2CCC(=O)Nc2ccccc2)c(C)n1-c1ccc(O)cc1. The van der Waals surface area contributed by atoms with Crippen LogP contribution in [-0.2, 0) is 4.79 Å². The Labute approximate surface area is 221 Å². The number of nitrogens with one attached hydrogen (secondary N) is 2. The molecule has 2 atom stereocenters. The fraction of sp³-hybridized carbons (Fsp3) is 0.207. The quantitative estimate of drug-likeness (QED) is 0.296. The summed E-state index contributed by atoms with van der Waals surface area (Å²) < 4.78 is 2.17. The summed E-state index contributed by atoms with van der Waals surface area (Å²) in [6.07, 6.45) is 2.08. The van der Waals surface area contributed by atoms with Crippen molar-refractivity contribution >= 4 is 28.9 Å². The zero-order valence-corrected chi connectivity index (χ0v) is 21.6. The zero-order valence-electron chi connectivity index (χ0n) is 20.8. The first-order valence-electron chi connectivity index (χ1n) is 12.2. The molecular formula is C29H29N5O2S. The van der Waals surface area contributed by atoms with E-state index in [0.29, 0.717) is 18.1 Å². The van der Waals surface area contributed by atoms with Gasteiger partial charge < -0.3 is 25.2 Å². The average Bonchev–Trinajstić information content (AvgIpc) is 3.39. The summed E-state index contributed by atoms with van der Waals surface area (Å²) in [7, 11) is 0. The maximum atomic E-state index is 12.8. The van der Waals surface area contributed by atoms with E-state index in [4.69, 9.17) is 12.2 Å². The summed E-state index contributed by atoms with van der Waals surface area (Å²) in [6.45, 7) is 4.62. The van der Waals surface area contributed by atoms with Crippen molar-refractivity contribution in [1.29, 1.82) is 0 Å². The number of aromatic hydroxyl groups is 1. The van der Waals surface area contributed by atoms with Crippen LogP contribution in [0.5, 0.6) is 5.75 Å². The molecule has 0 unspecified atom stereocenters. The number of amides is 1. The number of aryl methyl sites for hydroxylation is 1. The van der Waals surface area contributed by atoms with E-state index in [0.717, 1.165) is 34.0 Å². The van der Waals surface area contributed by atoms with Gasteiger partial charge in [-0.05, 0) is 86.2 Å². The molecule has 0 radical (unpaired) electrons. The predicted molar refractivity (Wildman–Crippen MR) is 149 cm³/mol. The summed E-state index contributed by atoms with van der Waals surface area (Å²) in [4.78, 5) is 19.5. The third-order valence-corrected chi connectivity index (χ3v) is 7.08. The van der Waals surface area contributed by atoms with Crippen molar-refractivity contribution in [3.05, 3.63) is 108 Å². The highest BCUT2D eigenvalue weighted by atomic mass is 32.1. The second kappa shape index (κ2) is 10.4. The number of benzene rings is 2. The van der Waals surface area contributed by atoms with Crippen molar-refractivity contribution in [3.63, 3.8) is 0 Å². The van der Waals surface area contributed by atoms with Gasteiger partial charge in [0.2, 0.25) is 5.91 Å². The van der Waals surface area contributed by atoms with E-state index >= 15 is 0 Å². The monoisotopic (exact) mass is 511 g/mol. The smallest absolute Gasteiger partial charge is 0.226 e. The van der Waals surface area contributed by atoms with Crippen molar-refractivity contribution in [2.75, 3.05) is 11.9 Å². The third-order valence-electron chi connectivity index (χ3n) is 6.73. The predicted octanol–water partition coefficient (Wildman–Crippen LogP) is 5.20. The molecular weight excluding hydrogens is 482 g/mol. The van der Waals surface area contributed by atoms with Crippen molar-refractivity contribution < 1.29 is 9.90 Å². The second-order valence-corrected chi connectivity index (χ2v) is 9.55. The highest BCUT2D eigenvalue weighted by Crippen LogP contribution is 2.41. The van der Waals surface area contributed by atoms with Crippen LogP contribution in [-0.4, -0.2) is 37.1 Å². The van der Waals surface area contributed by atoms with Gasteiger partial charge in [0.15, 0.2) is 5.11 Å². The number of phenolic OH excluding ortho intramolecular Hbond substituents is 1. The highest BCUT2D eigenvalue weighted by Gasteiger charge is 2.41. The standard InChI is InChI=1S/C29H29N5O2S/c1-19-18-24(20(2)34(19)22-11-13-23(35)14-12-22)28-27(25-10-6-7-16-30-25)32-29(37)33(28)17-15-26(36)31-21-8-4-3-5-9-21/h3-14,16,18,27-28,35H,15,17H2,1-2H3,(H,31,36)(H,32,37)/t27-,28+/m0/s1. The highest BCUT2D eigenvalue weighted by molar-refractivity contribution is 7.80. The van der Waals surface area contributed by atoms with E-state index in [1.807, 2.05) is 60.7 Å². The number of pyridine rings is 1. The number of carbonyl (C=O) groups excluding carboxylic acids is 1. The van der Waals surface area contributed by atoms with Crippen molar-refractivity contribution in [1.82, 2.24) is 19.8 Å². The molecule has 1 aliphatic heterocycles. The lowest BCUT2D eigenvalue weighted by Gasteiger charge is -2.28. The number of hydrogen-bond donors (Lipinski definition) is 3. The molecule has 1 fully saturated rings. The number of para-hydroxylation sites is 1. The van der Waals surface area contributed by atoms with Crippen LogP contribution < -0.4 is 10.6 Å². The molecule has 3 N–H and O–H groups in total. The first-order valence-corrected chi connectivity index (χ1v) is 12.6. The van der Waals surface area contributed by atoms with Crippen LogP contribution in [0.4, 0.5) is 5.69 Å². The Bertz CT molecular complexity index is 1400. The maximum Gasteiger partial charge on any atom is 0.226 e. The van der Waals surface area contributed by atoms with E-state index in [2.05, 4.69) is 45.0 Å². The first-order chi connectivity index (χ1) is 17.9. The van der Waals surface area contributed by atoms with E-state index in [-0.39, 0.29) is 23.7 Å². The van der Waals surface area contributed by atoms with Gasteiger partial charge in [-0.25, -0.2) is 0 Å². The van der Waals surface area contributed by atoms with Crippen LogP contribution in [0.3, 0.4) is 0 Å². The van der Waals surface area contributed by atoms with Crippen LogP contribution in [0, 0.1) is 13.8 Å². The normalized spacial score (nSPS) is 17.0. The molecule has 188 valence electrons. The number of aromatic nitrogens is 2. The lowest BCUT2D eigenvalue weighted by Crippen LogP contribution is -2.32. The summed E-state index contributed by atoms with van der Waals surface area (Å²) in [5.74, 6) is 0.163. The minimum atomic E-state index is -0.167. The lowest BCUT2D eigenvalue weighted by molar-refractivity contribution is -0.116. The minimum absolute atomic E-state index is 0.0661. The molecule has 0 spiro atoms. The molecule has 1 aliphatic rings. The maximum absolute atomic E-state index is 12.8. The van der Waals surface area contributed by atoms with Gasteiger partial charge in [0, 0.05) is 41.9 Å². The molecule has 0 saturated carbocycles. The van der Waals surface area contributed by atoms with Gasteiger partial charge in [0.05, 0.1) is 17.8 Å². The number of phenols is 1. The lowest BCUT2D eigenvalue weighted by atomic mass is 9.96. The van der Waals surface area contributed by atoms with Crippen molar-refractivity contribution in [3.8, 4) is 11.4 Å². The summed E-state index contributed by atoms with van der Waals surface area (Å²) in [5.41, 5.74) is 5.88. The van der Waals surface area contributed by atoms with E-state index in [9.17, 15) is 9.90 Å². The molecule has 5 rings (SSSR count). The van der Waals surface area contributed by atoms with Crippen LogP contribution in [0.1, 0.15) is 41.1 Å². The van der Waals surface area contributed by atoms with Gasteiger partial charge in [-0.2, -0.15) is 0 Å². The Morgan fingerprint density at radius 2 is 1.78 bits per heavy atom. The Morgan fingerprint density at radius 1 is 1.05 bits per heavy atom. The van der Waals surface area contributed by atoms with Crippen LogP contribution in [0.15, 0.2) is 85.1 Å². The molecule has 2 aromatic heterocycles. The number of thiocarbonyl (C=S) groups is 1. The number of hydrogen-bond acceptors (Lipinski definition) is 4. The van der Waals surface area contributed by atoms with Crippen molar-refractivity contribution in [2.24, 2.45) is 0 Å². The average molecular weight is 512 g/mol. The molecule has 0 bridgehead atoms. The van der Waals surface area contributed by atoms with E-state index in [1.165, 1.54) is 0 Å². The number of carbonyl (C=O) groups is 1.